The first-order valence-electron chi connectivity index (χ1n) is 5.86. The fraction of sp³-hybridized carbons (Fsp3) is 0.583. The number of pyridine rings is 1. The second kappa shape index (κ2) is 5.27. The lowest BCUT2D eigenvalue weighted by Gasteiger charge is -2.19. The van der Waals surface area contributed by atoms with E-state index >= 15 is 0 Å². The first-order chi connectivity index (χ1) is 7.74. The standard InChI is InChI=1S/C12H20N4/c1-15-6-3-7-16(9-8-15)10-11-4-2-5-12(13)14-11/h2,4-5H,3,6-10H2,1H3,(H2,13,14). The second-order valence-electron chi connectivity index (χ2n) is 4.49. The summed E-state index contributed by atoms with van der Waals surface area (Å²) in [4.78, 5) is 9.17. The summed E-state index contributed by atoms with van der Waals surface area (Å²) in [5, 5.41) is 0. The molecular formula is C12H20N4. The lowest BCUT2D eigenvalue weighted by atomic mass is 10.3. The zero-order valence-corrected chi connectivity index (χ0v) is 9.89. The molecule has 0 aliphatic carbocycles. The molecule has 0 bridgehead atoms. The van der Waals surface area contributed by atoms with Crippen LogP contribution in [0.3, 0.4) is 0 Å². The third kappa shape index (κ3) is 3.18. The number of hydrogen-bond donors (Lipinski definition) is 1. The highest BCUT2D eigenvalue weighted by atomic mass is 15.2. The van der Waals surface area contributed by atoms with Gasteiger partial charge in [0.1, 0.15) is 5.82 Å². The van der Waals surface area contributed by atoms with Crippen molar-refractivity contribution in [2.45, 2.75) is 13.0 Å². The van der Waals surface area contributed by atoms with Crippen LogP contribution in [0, 0.1) is 0 Å². The molecule has 1 aliphatic heterocycles. The molecule has 16 heavy (non-hydrogen) atoms. The third-order valence-electron chi connectivity index (χ3n) is 3.03. The second-order valence-corrected chi connectivity index (χ2v) is 4.49. The summed E-state index contributed by atoms with van der Waals surface area (Å²) in [7, 11) is 2.18. The van der Waals surface area contributed by atoms with Gasteiger partial charge >= 0.3 is 0 Å². The van der Waals surface area contributed by atoms with Gasteiger partial charge in [0.15, 0.2) is 0 Å². The van der Waals surface area contributed by atoms with Crippen LogP contribution >= 0.6 is 0 Å². The highest BCUT2D eigenvalue weighted by Crippen LogP contribution is 2.07. The molecule has 4 heteroatoms. The summed E-state index contributed by atoms with van der Waals surface area (Å²) in [5.41, 5.74) is 6.75. The van der Waals surface area contributed by atoms with Crippen LogP contribution in [-0.4, -0.2) is 48.0 Å². The first kappa shape index (κ1) is 11.4. The fourth-order valence-electron chi connectivity index (χ4n) is 2.07. The zero-order valence-electron chi connectivity index (χ0n) is 9.89. The van der Waals surface area contributed by atoms with Crippen LogP contribution in [0.4, 0.5) is 5.82 Å². The molecule has 88 valence electrons. The van der Waals surface area contributed by atoms with E-state index < -0.39 is 0 Å². The minimum Gasteiger partial charge on any atom is -0.384 e. The summed E-state index contributed by atoms with van der Waals surface area (Å²) >= 11 is 0. The van der Waals surface area contributed by atoms with Crippen molar-refractivity contribution in [3.63, 3.8) is 0 Å². The number of aromatic nitrogens is 1. The molecule has 1 aromatic heterocycles. The molecule has 0 unspecified atom stereocenters. The van der Waals surface area contributed by atoms with Gasteiger partial charge in [0.2, 0.25) is 0 Å². The number of rotatable bonds is 2. The maximum Gasteiger partial charge on any atom is 0.123 e. The zero-order chi connectivity index (χ0) is 11.4. The van der Waals surface area contributed by atoms with Crippen molar-refractivity contribution in [1.29, 1.82) is 0 Å². The third-order valence-corrected chi connectivity index (χ3v) is 3.03. The van der Waals surface area contributed by atoms with E-state index in [0.29, 0.717) is 5.82 Å². The van der Waals surface area contributed by atoms with Crippen molar-refractivity contribution >= 4 is 5.82 Å². The van der Waals surface area contributed by atoms with Gasteiger partial charge in [-0.2, -0.15) is 0 Å². The monoisotopic (exact) mass is 220 g/mol. The van der Waals surface area contributed by atoms with Crippen molar-refractivity contribution in [1.82, 2.24) is 14.8 Å². The SMILES string of the molecule is CN1CCCN(Cc2cccc(N)n2)CC1. The molecule has 2 rings (SSSR count). The summed E-state index contributed by atoms with van der Waals surface area (Å²) in [5.74, 6) is 0.615. The van der Waals surface area contributed by atoms with Crippen molar-refractivity contribution < 1.29 is 0 Å². The summed E-state index contributed by atoms with van der Waals surface area (Å²) in [6.07, 6.45) is 1.23. The highest BCUT2D eigenvalue weighted by molar-refractivity contribution is 5.28. The van der Waals surface area contributed by atoms with Gasteiger partial charge in [-0.3, -0.25) is 4.90 Å². The predicted molar refractivity (Wildman–Crippen MR) is 66.0 cm³/mol. The molecule has 0 radical (unpaired) electrons. The maximum absolute atomic E-state index is 5.68. The lowest BCUT2D eigenvalue weighted by Crippen LogP contribution is -2.28. The van der Waals surface area contributed by atoms with E-state index in [1.165, 1.54) is 13.0 Å². The van der Waals surface area contributed by atoms with Gasteiger partial charge < -0.3 is 10.6 Å². The van der Waals surface area contributed by atoms with Gasteiger partial charge in [-0.15, -0.1) is 0 Å². The van der Waals surface area contributed by atoms with Gasteiger partial charge in [0.05, 0.1) is 5.69 Å². The summed E-state index contributed by atoms with van der Waals surface area (Å²) in [6.45, 7) is 5.52. The number of nitrogens with zero attached hydrogens (tertiary/aromatic N) is 3. The number of likely N-dealkylation sites (N-methyl/N-ethyl adjacent to an activating group) is 1. The van der Waals surface area contributed by atoms with Gasteiger partial charge in [0.25, 0.3) is 0 Å². The normalized spacial score (nSPS) is 19.6. The Balaban J connectivity index is 1.93. The van der Waals surface area contributed by atoms with Crippen LogP contribution in [-0.2, 0) is 6.54 Å². The molecule has 4 nitrogen and oxygen atoms in total. The quantitative estimate of drug-likeness (QED) is 0.801. The molecular weight excluding hydrogens is 200 g/mol. The lowest BCUT2D eigenvalue weighted by molar-refractivity contribution is 0.266. The highest BCUT2D eigenvalue weighted by Gasteiger charge is 2.12. The van der Waals surface area contributed by atoms with E-state index in [9.17, 15) is 0 Å². The van der Waals surface area contributed by atoms with E-state index in [1.54, 1.807) is 0 Å². The topological polar surface area (TPSA) is 45.4 Å². The van der Waals surface area contributed by atoms with E-state index in [4.69, 9.17) is 5.73 Å². The molecule has 2 N–H and O–H groups in total. The van der Waals surface area contributed by atoms with Crippen molar-refractivity contribution in [2.24, 2.45) is 0 Å². The van der Waals surface area contributed by atoms with Crippen LogP contribution in [0.15, 0.2) is 18.2 Å². The molecule has 0 aromatic carbocycles. The Kier molecular flexibility index (Phi) is 3.74. The van der Waals surface area contributed by atoms with Gasteiger partial charge in [-0.25, -0.2) is 4.98 Å². The summed E-state index contributed by atoms with van der Waals surface area (Å²) in [6, 6.07) is 5.85. The van der Waals surface area contributed by atoms with Crippen LogP contribution in [0.25, 0.3) is 0 Å². The van der Waals surface area contributed by atoms with E-state index in [-0.39, 0.29) is 0 Å². The average Bonchev–Trinajstić information content (AvgIpc) is 2.44. The molecule has 0 atom stereocenters. The smallest absolute Gasteiger partial charge is 0.123 e. The van der Waals surface area contributed by atoms with Gasteiger partial charge in [-0.1, -0.05) is 6.07 Å². The Hall–Kier alpha value is -1.13. The molecule has 0 amide bonds. The van der Waals surface area contributed by atoms with E-state index in [0.717, 1.165) is 31.9 Å². The first-order valence-corrected chi connectivity index (χ1v) is 5.86. The van der Waals surface area contributed by atoms with Gasteiger partial charge in [0, 0.05) is 19.6 Å². The minimum absolute atomic E-state index is 0.615. The number of nitrogens with two attached hydrogens (primary N) is 1. The Morgan fingerprint density at radius 2 is 2.12 bits per heavy atom. The van der Waals surface area contributed by atoms with Crippen LogP contribution in [0.5, 0.6) is 0 Å². The maximum atomic E-state index is 5.68. The number of anilines is 1. The Morgan fingerprint density at radius 1 is 1.25 bits per heavy atom. The molecule has 0 spiro atoms. The molecule has 0 saturated carbocycles. The Morgan fingerprint density at radius 3 is 2.94 bits per heavy atom. The Bertz CT molecular complexity index is 340. The minimum atomic E-state index is 0.615. The molecule has 1 aliphatic rings. The molecule has 1 fully saturated rings. The fourth-order valence-corrected chi connectivity index (χ4v) is 2.07. The van der Waals surface area contributed by atoms with Crippen LogP contribution in [0.1, 0.15) is 12.1 Å². The molecule has 1 saturated heterocycles. The van der Waals surface area contributed by atoms with Gasteiger partial charge in [-0.05, 0) is 38.7 Å². The molecule has 2 heterocycles. The number of nitrogen functional groups attached to an aromatic ring is 1. The van der Waals surface area contributed by atoms with E-state index in [2.05, 4.69) is 21.8 Å². The molecule has 1 aromatic rings. The van der Waals surface area contributed by atoms with Crippen LogP contribution < -0.4 is 5.73 Å². The van der Waals surface area contributed by atoms with E-state index in [1.807, 2.05) is 18.2 Å². The van der Waals surface area contributed by atoms with Crippen molar-refractivity contribution in [3.8, 4) is 0 Å². The van der Waals surface area contributed by atoms with Crippen molar-refractivity contribution in [3.05, 3.63) is 23.9 Å². The van der Waals surface area contributed by atoms with Crippen molar-refractivity contribution in [2.75, 3.05) is 39.0 Å². The average molecular weight is 220 g/mol. The Labute approximate surface area is 97.1 Å². The largest absolute Gasteiger partial charge is 0.384 e. The summed E-state index contributed by atoms with van der Waals surface area (Å²) < 4.78 is 0. The van der Waals surface area contributed by atoms with Crippen LogP contribution in [0.2, 0.25) is 0 Å². The number of hydrogen-bond acceptors (Lipinski definition) is 4. The predicted octanol–water partition coefficient (Wildman–Crippen LogP) is 0.801.